The maximum atomic E-state index is 4.49. The van der Waals surface area contributed by atoms with Crippen molar-refractivity contribution in [2.75, 3.05) is 11.5 Å². The first-order valence-corrected chi connectivity index (χ1v) is 7.51. The third-order valence-electron chi connectivity index (χ3n) is 2.98. The largest absolute Gasteiger partial charge is 0.272 e. The summed E-state index contributed by atoms with van der Waals surface area (Å²) < 4.78 is 2.04. The number of alkyl halides is 1. The van der Waals surface area contributed by atoms with Crippen LogP contribution in [0.1, 0.15) is 18.3 Å². The molecule has 1 aliphatic rings. The van der Waals surface area contributed by atoms with Crippen molar-refractivity contribution in [1.82, 2.24) is 9.78 Å². The summed E-state index contributed by atoms with van der Waals surface area (Å²) in [5, 5.41) is 4.49. The normalized spacial score (nSPS) is 26.1. The van der Waals surface area contributed by atoms with Gasteiger partial charge in [-0.2, -0.15) is 16.9 Å². The minimum Gasteiger partial charge on any atom is -0.272 e. The summed E-state index contributed by atoms with van der Waals surface area (Å²) >= 11 is 5.81. The van der Waals surface area contributed by atoms with Crippen molar-refractivity contribution in [2.45, 2.75) is 24.6 Å². The van der Waals surface area contributed by atoms with Crippen molar-refractivity contribution >= 4 is 27.7 Å². The summed E-state index contributed by atoms with van der Waals surface area (Å²) in [4.78, 5) is 0.683. The van der Waals surface area contributed by atoms with E-state index in [0.717, 1.165) is 18.8 Å². The van der Waals surface area contributed by atoms with Crippen molar-refractivity contribution in [3.05, 3.63) is 17.5 Å². The Bertz CT molecular complexity index is 337. The number of aryl methyl sites for hydroxylation is 2. The Balaban J connectivity index is 2.06. The molecule has 0 aliphatic carbocycles. The maximum absolute atomic E-state index is 4.49. The zero-order chi connectivity index (χ0) is 10.8. The molecule has 1 aromatic rings. The molecule has 0 N–H and O–H groups in total. The molecule has 0 saturated carbocycles. The third kappa shape index (κ3) is 2.59. The van der Waals surface area contributed by atoms with Gasteiger partial charge in [-0.25, -0.2) is 0 Å². The van der Waals surface area contributed by atoms with Crippen molar-refractivity contribution in [1.29, 1.82) is 0 Å². The van der Waals surface area contributed by atoms with Crippen LogP contribution >= 0.6 is 27.7 Å². The van der Waals surface area contributed by atoms with Gasteiger partial charge in [0.05, 0.1) is 5.69 Å². The standard InChI is InChI=1S/C11H17BrN2S/c1-3-9-5-10(14(2)13-9)4-8-6-15-7-11(8)12/h5,8,11H,3-4,6-7H2,1-2H3. The Labute approximate surface area is 104 Å². The van der Waals surface area contributed by atoms with Gasteiger partial charge in [0, 0.05) is 23.3 Å². The molecule has 0 spiro atoms. The molecule has 4 heteroatoms. The molecule has 15 heavy (non-hydrogen) atoms. The van der Waals surface area contributed by atoms with E-state index in [1.165, 1.54) is 22.9 Å². The molecule has 0 radical (unpaired) electrons. The molecule has 84 valence electrons. The average molecular weight is 289 g/mol. The fourth-order valence-electron chi connectivity index (χ4n) is 1.96. The average Bonchev–Trinajstić information content (AvgIpc) is 2.76. The molecular weight excluding hydrogens is 272 g/mol. The summed E-state index contributed by atoms with van der Waals surface area (Å²) in [5.74, 6) is 3.31. The highest BCUT2D eigenvalue weighted by molar-refractivity contribution is 9.09. The maximum Gasteiger partial charge on any atom is 0.0624 e. The molecule has 2 nitrogen and oxygen atoms in total. The second kappa shape index (κ2) is 4.91. The molecule has 2 unspecified atom stereocenters. The zero-order valence-corrected chi connectivity index (χ0v) is 11.6. The molecule has 1 aliphatic heterocycles. The summed E-state index contributed by atoms with van der Waals surface area (Å²) in [7, 11) is 2.06. The summed E-state index contributed by atoms with van der Waals surface area (Å²) in [6.07, 6.45) is 2.19. The van der Waals surface area contributed by atoms with Crippen LogP contribution < -0.4 is 0 Å². The van der Waals surface area contributed by atoms with E-state index in [1.807, 2.05) is 4.68 Å². The van der Waals surface area contributed by atoms with Gasteiger partial charge in [0.15, 0.2) is 0 Å². The van der Waals surface area contributed by atoms with Gasteiger partial charge in [-0.1, -0.05) is 22.9 Å². The van der Waals surface area contributed by atoms with E-state index in [0.29, 0.717) is 4.83 Å². The number of hydrogen-bond acceptors (Lipinski definition) is 2. The number of rotatable bonds is 3. The zero-order valence-electron chi connectivity index (χ0n) is 9.24. The van der Waals surface area contributed by atoms with Crippen LogP contribution in [0.3, 0.4) is 0 Å². The first-order valence-electron chi connectivity index (χ1n) is 5.44. The minimum atomic E-state index is 0.683. The van der Waals surface area contributed by atoms with Crippen LogP contribution in [0.5, 0.6) is 0 Å². The Kier molecular flexibility index (Phi) is 3.78. The second-order valence-corrected chi connectivity index (χ2v) is 6.37. The van der Waals surface area contributed by atoms with Gasteiger partial charge < -0.3 is 0 Å². The van der Waals surface area contributed by atoms with Crippen molar-refractivity contribution < 1.29 is 0 Å². The molecule has 1 fully saturated rings. The summed E-state index contributed by atoms with van der Waals surface area (Å²) in [6.45, 7) is 2.16. The lowest BCUT2D eigenvalue weighted by Gasteiger charge is -2.12. The quantitative estimate of drug-likeness (QED) is 0.796. The van der Waals surface area contributed by atoms with E-state index < -0.39 is 0 Å². The Hall–Kier alpha value is 0.0400. The van der Waals surface area contributed by atoms with Crippen LogP contribution in [0.4, 0.5) is 0 Å². The molecule has 1 saturated heterocycles. The lowest BCUT2D eigenvalue weighted by molar-refractivity contribution is 0.575. The van der Waals surface area contributed by atoms with Gasteiger partial charge >= 0.3 is 0 Å². The highest BCUT2D eigenvalue weighted by Crippen LogP contribution is 2.32. The number of hydrogen-bond donors (Lipinski definition) is 0. The van der Waals surface area contributed by atoms with E-state index in [4.69, 9.17) is 0 Å². The minimum absolute atomic E-state index is 0.683. The molecule has 0 bridgehead atoms. The molecule has 0 amide bonds. The van der Waals surface area contributed by atoms with Crippen molar-refractivity contribution in [3.63, 3.8) is 0 Å². The predicted molar refractivity (Wildman–Crippen MR) is 69.8 cm³/mol. The van der Waals surface area contributed by atoms with Crippen LogP contribution in [-0.2, 0) is 19.9 Å². The molecule has 0 aromatic carbocycles. The predicted octanol–water partition coefficient (Wildman–Crippen LogP) is 2.65. The molecule has 1 aromatic heterocycles. The number of halogens is 1. The van der Waals surface area contributed by atoms with Gasteiger partial charge in [-0.05, 0) is 30.6 Å². The van der Waals surface area contributed by atoms with E-state index in [2.05, 4.69) is 52.8 Å². The summed E-state index contributed by atoms with van der Waals surface area (Å²) in [6, 6.07) is 2.25. The Morgan fingerprint density at radius 1 is 1.60 bits per heavy atom. The first-order chi connectivity index (χ1) is 7.20. The topological polar surface area (TPSA) is 17.8 Å². The highest BCUT2D eigenvalue weighted by Gasteiger charge is 2.26. The first kappa shape index (κ1) is 11.5. The van der Waals surface area contributed by atoms with E-state index in [9.17, 15) is 0 Å². The van der Waals surface area contributed by atoms with Gasteiger partial charge in [-0.3, -0.25) is 4.68 Å². The van der Waals surface area contributed by atoms with Crippen LogP contribution in [-0.4, -0.2) is 26.1 Å². The molecular formula is C11H17BrN2S. The molecule has 2 atom stereocenters. The van der Waals surface area contributed by atoms with Crippen LogP contribution in [0, 0.1) is 5.92 Å². The van der Waals surface area contributed by atoms with Crippen molar-refractivity contribution in [2.24, 2.45) is 13.0 Å². The van der Waals surface area contributed by atoms with Gasteiger partial charge in [0.25, 0.3) is 0 Å². The van der Waals surface area contributed by atoms with E-state index >= 15 is 0 Å². The fourth-order valence-corrected chi connectivity index (χ4v) is 4.43. The highest BCUT2D eigenvalue weighted by atomic mass is 79.9. The third-order valence-corrected chi connectivity index (χ3v) is 5.74. The van der Waals surface area contributed by atoms with E-state index in [-0.39, 0.29) is 0 Å². The lowest BCUT2D eigenvalue weighted by atomic mass is 10.0. The van der Waals surface area contributed by atoms with Crippen LogP contribution in [0.2, 0.25) is 0 Å². The van der Waals surface area contributed by atoms with E-state index in [1.54, 1.807) is 0 Å². The second-order valence-electron chi connectivity index (χ2n) is 4.12. The summed E-state index contributed by atoms with van der Waals surface area (Å²) in [5.41, 5.74) is 2.59. The lowest BCUT2D eigenvalue weighted by Crippen LogP contribution is -2.16. The molecule has 2 heterocycles. The Morgan fingerprint density at radius 2 is 2.40 bits per heavy atom. The van der Waals surface area contributed by atoms with Crippen LogP contribution in [0.25, 0.3) is 0 Å². The number of aromatic nitrogens is 2. The van der Waals surface area contributed by atoms with Crippen LogP contribution in [0.15, 0.2) is 6.07 Å². The fraction of sp³-hybridized carbons (Fsp3) is 0.727. The number of thioether (sulfide) groups is 1. The van der Waals surface area contributed by atoms with Crippen molar-refractivity contribution in [3.8, 4) is 0 Å². The molecule has 2 rings (SSSR count). The monoisotopic (exact) mass is 288 g/mol. The van der Waals surface area contributed by atoms with Gasteiger partial charge in [-0.15, -0.1) is 0 Å². The number of nitrogens with zero attached hydrogens (tertiary/aromatic N) is 2. The van der Waals surface area contributed by atoms with Gasteiger partial charge in [0.2, 0.25) is 0 Å². The smallest absolute Gasteiger partial charge is 0.0624 e. The SMILES string of the molecule is CCc1cc(CC2CSCC2Br)n(C)n1. The Morgan fingerprint density at radius 3 is 2.93 bits per heavy atom. The van der Waals surface area contributed by atoms with Gasteiger partial charge in [0.1, 0.15) is 0 Å².